The first-order valence-corrected chi connectivity index (χ1v) is 6.19. The fourth-order valence-electron chi connectivity index (χ4n) is 1.36. The van der Waals surface area contributed by atoms with Gasteiger partial charge < -0.3 is 0 Å². The van der Waals surface area contributed by atoms with Crippen LogP contribution in [0, 0.1) is 11.8 Å². The van der Waals surface area contributed by atoms with Crippen LogP contribution in [0.1, 0.15) is 40.2 Å². The average Bonchev–Trinajstić information content (AvgIpc) is 2.36. The van der Waals surface area contributed by atoms with Gasteiger partial charge in [0.25, 0.3) is 0 Å². The van der Waals surface area contributed by atoms with Crippen LogP contribution in [0.2, 0.25) is 0 Å². The van der Waals surface area contributed by atoms with Gasteiger partial charge >= 0.3 is 0 Å². The summed E-state index contributed by atoms with van der Waals surface area (Å²) >= 11 is 0. The first-order chi connectivity index (χ1) is 8.73. The van der Waals surface area contributed by atoms with Gasteiger partial charge in [0, 0.05) is 6.92 Å². The topological polar surface area (TPSA) is 35.5 Å². The number of ketones is 1. The lowest BCUT2D eigenvalue weighted by Crippen LogP contribution is -2.30. The molecule has 3 nitrogen and oxygen atoms in total. The fraction of sp³-hybridized carbons (Fsp3) is 0.438. The molecule has 0 atom stereocenters. The summed E-state index contributed by atoms with van der Waals surface area (Å²) in [5.41, 5.74) is -0.418. The van der Waals surface area contributed by atoms with Crippen LogP contribution in [0.5, 0.6) is 0 Å². The SMILES string of the molecule is CC(=O)C#CC(C)(C)OOC(C)(C)c1ccccc1. The minimum absolute atomic E-state index is 0.195. The Morgan fingerprint density at radius 3 is 2.16 bits per heavy atom. The molecule has 3 heteroatoms. The Labute approximate surface area is 114 Å². The molecule has 0 aliphatic carbocycles. The molecule has 102 valence electrons. The Morgan fingerprint density at radius 1 is 1.05 bits per heavy atom. The zero-order valence-corrected chi connectivity index (χ0v) is 12.1. The van der Waals surface area contributed by atoms with E-state index in [1.807, 2.05) is 44.2 Å². The van der Waals surface area contributed by atoms with Crippen LogP contribution in [-0.2, 0) is 20.2 Å². The molecule has 1 aromatic carbocycles. The van der Waals surface area contributed by atoms with Crippen LogP contribution in [0.15, 0.2) is 30.3 Å². The molecule has 0 aliphatic rings. The van der Waals surface area contributed by atoms with Gasteiger partial charge in [-0.05, 0) is 39.2 Å². The molecule has 0 aromatic heterocycles. The summed E-state index contributed by atoms with van der Waals surface area (Å²) in [5.74, 6) is 5.01. The second-order valence-corrected chi connectivity index (χ2v) is 5.36. The van der Waals surface area contributed by atoms with E-state index in [9.17, 15) is 4.79 Å². The number of carbonyl (C=O) groups excluding carboxylic acids is 1. The smallest absolute Gasteiger partial charge is 0.202 e. The molecule has 0 aliphatic heterocycles. The summed E-state index contributed by atoms with van der Waals surface area (Å²) in [6.07, 6.45) is 0. The highest BCUT2D eigenvalue weighted by Gasteiger charge is 2.27. The van der Waals surface area contributed by atoms with E-state index in [2.05, 4.69) is 11.8 Å². The van der Waals surface area contributed by atoms with Crippen molar-refractivity contribution in [2.24, 2.45) is 0 Å². The molecular weight excluding hydrogens is 240 g/mol. The van der Waals surface area contributed by atoms with Crippen LogP contribution < -0.4 is 0 Å². The molecule has 1 rings (SSSR count). The maximum Gasteiger partial charge on any atom is 0.202 e. The molecule has 0 bridgehead atoms. The first-order valence-electron chi connectivity index (χ1n) is 6.19. The summed E-state index contributed by atoms with van der Waals surface area (Å²) < 4.78 is 0. The summed E-state index contributed by atoms with van der Waals surface area (Å²) in [4.78, 5) is 21.7. The van der Waals surface area contributed by atoms with Gasteiger partial charge in [-0.3, -0.25) is 4.79 Å². The lowest BCUT2D eigenvalue weighted by atomic mass is 9.99. The monoisotopic (exact) mass is 260 g/mol. The maximum atomic E-state index is 10.8. The second kappa shape index (κ2) is 6.01. The highest BCUT2D eigenvalue weighted by molar-refractivity contribution is 5.93. The molecule has 0 amide bonds. The van der Waals surface area contributed by atoms with Crippen molar-refractivity contribution in [2.75, 3.05) is 0 Å². The molecule has 0 radical (unpaired) electrons. The summed E-state index contributed by atoms with van der Waals surface area (Å²) in [5, 5.41) is 0. The standard InChI is InChI=1S/C16H20O3/c1-13(17)11-12-15(2,3)18-19-16(4,5)14-9-7-6-8-10-14/h6-10H,1-5H3. The number of benzene rings is 1. The van der Waals surface area contributed by atoms with Crippen molar-refractivity contribution >= 4 is 5.78 Å². The minimum Gasteiger partial charge on any atom is -0.285 e. The van der Waals surface area contributed by atoms with E-state index in [1.165, 1.54) is 6.92 Å². The van der Waals surface area contributed by atoms with Crippen molar-refractivity contribution in [3.05, 3.63) is 35.9 Å². The third-order valence-corrected chi connectivity index (χ3v) is 2.47. The van der Waals surface area contributed by atoms with E-state index in [0.29, 0.717) is 0 Å². The number of carbonyl (C=O) groups is 1. The minimum atomic E-state index is -0.836. The van der Waals surface area contributed by atoms with E-state index in [4.69, 9.17) is 9.78 Å². The molecular formula is C16H20O3. The molecule has 0 unspecified atom stereocenters. The molecule has 0 saturated carbocycles. The Morgan fingerprint density at radius 2 is 1.63 bits per heavy atom. The van der Waals surface area contributed by atoms with Crippen LogP contribution in [-0.4, -0.2) is 11.4 Å². The van der Waals surface area contributed by atoms with Gasteiger partial charge in [0.2, 0.25) is 5.78 Å². The lowest BCUT2D eigenvalue weighted by molar-refractivity contribution is -0.393. The van der Waals surface area contributed by atoms with Gasteiger partial charge in [-0.25, -0.2) is 9.78 Å². The highest BCUT2D eigenvalue weighted by Crippen LogP contribution is 2.26. The number of hydrogen-bond donors (Lipinski definition) is 0. The van der Waals surface area contributed by atoms with Crippen molar-refractivity contribution in [3.8, 4) is 11.8 Å². The largest absolute Gasteiger partial charge is 0.285 e. The first kappa shape index (κ1) is 15.4. The summed E-state index contributed by atoms with van der Waals surface area (Å²) in [6, 6.07) is 9.78. The molecule has 19 heavy (non-hydrogen) atoms. The molecule has 0 saturated heterocycles. The molecule has 1 aromatic rings. The lowest BCUT2D eigenvalue weighted by Gasteiger charge is -2.28. The van der Waals surface area contributed by atoms with Crippen molar-refractivity contribution in [1.29, 1.82) is 0 Å². The summed E-state index contributed by atoms with van der Waals surface area (Å²) in [7, 11) is 0. The third-order valence-electron chi connectivity index (χ3n) is 2.47. The van der Waals surface area contributed by atoms with E-state index in [-0.39, 0.29) is 5.78 Å². The number of rotatable bonds is 4. The Kier molecular flexibility index (Phi) is 4.88. The van der Waals surface area contributed by atoms with Crippen molar-refractivity contribution in [1.82, 2.24) is 0 Å². The Hall–Kier alpha value is -1.63. The van der Waals surface area contributed by atoms with Gasteiger partial charge in [0.05, 0.1) is 0 Å². The van der Waals surface area contributed by atoms with Gasteiger partial charge in [-0.1, -0.05) is 36.3 Å². The fourth-order valence-corrected chi connectivity index (χ4v) is 1.36. The van der Waals surface area contributed by atoms with Crippen LogP contribution in [0.4, 0.5) is 0 Å². The molecule has 0 heterocycles. The van der Waals surface area contributed by atoms with Crippen LogP contribution >= 0.6 is 0 Å². The van der Waals surface area contributed by atoms with Gasteiger partial charge in [0.15, 0.2) is 5.60 Å². The predicted octanol–water partition coefficient (Wildman–Crippen LogP) is 3.24. The molecule has 0 spiro atoms. The van der Waals surface area contributed by atoms with Gasteiger partial charge in [0.1, 0.15) is 5.60 Å². The third kappa shape index (κ3) is 5.25. The summed E-state index contributed by atoms with van der Waals surface area (Å²) in [6.45, 7) is 8.75. The van der Waals surface area contributed by atoms with Crippen molar-refractivity contribution in [3.63, 3.8) is 0 Å². The Bertz CT molecular complexity index is 490. The van der Waals surface area contributed by atoms with Crippen LogP contribution in [0.25, 0.3) is 0 Å². The quantitative estimate of drug-likeness (QED) is 0.361. The van der Waals surface area contributed by atoms with Gasteiger partial charge in [-0.15, -0.1) is 0 Å². The molecule has 0 N–H and O–H groups in total. The normalized spacial score (nSPS) is 11.6. The van der Waals surface area contributed by atoms with Crippen LogP contribution in [0.3, 0.4) is 0 Å². The number of Topliss-reactive ketones (excluding diaryl/α,β-unsaturated/α-hetero) is 1. The number of hydrogen-bond acceptors (Lipinski definition) is 3. The predicted molar refractivity (Wildman–Crippen MR) is 74.2 cm³/mol. The van der Waals surface area contributed by atoms with E-state index < -0.39 is 11.2 Å². The van der Waals surface area contributed by atoms with Crippen molar-refractivity contribution < 1.29 is 14.6 Å². The zero-order chi connectivity index (χ0) is 14.5. The van der Waals surface area contributed by atoms with Gasteiger partial charge in [-0.2, -0.15) is 0 Å². The van der Waals surface area contributed by atoms with E-state index in [1.54, 1.807) is 13.8 Å². The second-order valence-electron chi connectivity index (χ2n) is 5.36. The zero-order valence-electron chi connectivity index (χ0n) is 12.1. The Balaban J connectivity index is 2.71. The maximum absolute atomic E-state index is 10.8. The van der Waals surface area contributed by atoms with E-state index >= 15 is 0 Å². The van der Waals surface area contributed by atoms with Crippen molar-refractivity contribution in [2.45, 2.75) is 45.8 Å². The average molecular weight is 260 g/mol. The van der Waals surface area contributed by atoms with E-state index in [0.717, 1.165) is 5.56 Å². The highest BCUT2D eigenvalue weighted by atomic mass is 17.2. The molecule has 0 fully saturated rings.